The Bertz CT molecular complexity index is 2830. The van der Waals surface area contributed by atoms with Crippen LogP contribution in [-0.4, -0.2) is 130 Å². The fourth-order valence-corrected chi connectivity index (χ4v) is 5.68. The molecule has 1 aliphatic heterocycles. The smallest absolute Gasteiger partial charge is 0.344 e. The summed E-state index contributed by atoms with van der Waals surface area (Å²) >= 11 is 0. The number of phenolic OH excluding ortho intramolecular Hbond substituents is 1. The summed E-state index contributed by atoms with van der Waals surface area (Å²) in [5, 5.41) is 16.9. The first-order valence-corrected chi connectivity index (χ1v) is 22.9. The fourth-order valence-electron chi connectivity index (χ4n) is 5.68. The van der Waals surface area contributed by atoms with E-state index in [1.165, 1.54) is 30.3 Å². The number of aromatic hydroxyl groups is 1. The van der Waals surface area contributed by atoms with E-state index in [0.29, 0.717) is 75.2 Å². The van der Waals surface area contributed by atoms with Crippen molar-refractivity contribution in [1.29, 1.82) is 0 Å². The van der Waals surface area contributed by atoms with Crippen molar-refractivity contribution in [2.45, 2.75) is 6.61 Å². The number of carbonyl (C=O) groups excluding carboxylic acids is 4. The molecule has 4 aromatic carbocycles. The highest BCUT2D eigenvalue weighted by molar-refractivity contribution is 5.95. The second-order valence-corrected chi connectivity index (χ2v) is 14.6. The molecule has 18 heteroatoms. The number of rotatable bonds is 12. The molecule has 0 radical (unpaired) electrons. The summed E-state index contributed by atoms with van der Waals surface area (Å²) in [6, 6.07) is 25.7. The maximum Gasteiger partial charge on any atom is 0.344 e. The summed E-state index contributed by atoms with van der Waals surface area (Å²) in [6.07, 6.45) is 16.8. The minimum atomic E-state index is -0.611. The highest BCUT2D eigenvalue weighted by Gasteiger charge is 2.19. The van der Waals surface area contributed by atoms with Gasteiger partial charge in [-0.25, -0.2) is 14.5 Å². The maximum absolute atomic E-state index is 13.5. The van der Waals surface area contributed by atoms with Crippen LogP contribution in [0, 0.1) is 72.4 Å². The molecular weight excluding hydrogens is 981 g/mol. The maximum atomic E-state index is 13.5. The number of nitrogens with zero attached hydrogens (tertiary/aromatic N) is 2. The van der Waals surface area contributed by atoms with Crippen molar-refractivity contribution in [3.8, 4) is 95.4 Å². The number of benzene rings is 4. The van der Waals surface area contributed by atoms with E-state index in [-0.39, 0.29) is 82.8 Å². The van der Waals surface area contributed by atoms with Gasteiger partial charge in [0.15, 0.2) is 5.75 Å². The van der Waals surface area contributed by atoms with Crippen LogP contribution in [0.3, 0.4) is 0 Å². The average Bonchev–Trinajstić information content (AvgIpc) is 3.44. The van der Waals surface area contributed by atoms with Crippen LogP contribution in [0.4, 0.5) is 0 Å². The Kier molecular flexibility index (Phi) is 30.8. The molecular formula is C58H74N2O16. The number of amides is 2. The second kappa shape index (κ2) is 38.4. The largest absolute Gasteiger partial charge is 0.508 e. The summed E-state index contributed by atoms with van der Waals surface area (Å²) in [4.78, 5) is 67.4. The molecule has 0 atom stereocenters. The van der Waals surface area contributed by atoms with Gasteiger partial charge in [-0.2, -0.15) is 4.89 Å². The summed E-state index contributed by atoms with van der Waals surface area (Å²) < 4.78 is 38.0. The molecule has 4 aromatic rings. The molecule has 5 rings (SSSR count). The van der Waals surface area contributed by atoms with Gasteiger partial charge in [-0.05, 0) is 114 Å². The molecule has 1 heterocycles. The number of ether oxygens (including phenoxy) is 7. The molecule has 2 amide bonds. The lowest BCUT2D eigenvalue weighted by atomic mass is 10.2. The third kappa shape index (κ3) is 25.9. The topological polar surface area (TPSA) is 208 Å². The van der Waals surface area contributed by atoms with Crippen LogP contribution in [0.15, 0.2) is 122 Å². The number of phenols is 1. The second-order valence-electron chi connectivity index (χ2n) is 14.6. The van der Waals surface area contributed by atoms with Crippen LogP contribution in [0.2, 0.25) is 0 Å². The Labute approximate surface area is 456 Å². The Hall–Kier alpha value is -9.28. The van der Waals surface area contributed by atoms with Crippen molar-refractivity contribution in [3.63, 3.8) is 0 Å². The number of esters is 2. The molecule has 18 nitrogen and oxygen atoms in total. The zero-order chi connectivity index (χ0) is 54.9. The Balaban J connectivity index is -0.000000344. The Morgan fingerprint density at radius 2 is 1.05 bits per heavy atom. The number of hydrogen-bond acceptors (Lipinski definition) is 16. The average molecular weight is 1060 g/mol. The number of terminal acetylenes is 2. The number of carbonyl (C=O) groups is 4. The fraction of sp³-hybridized carbons (Fsp3) is 0.241. The third-order valence-corrected chi connectivity index (χ3v) is 9.34. The molecule has 1 aliphatic rings. The van der Waals surface area contributed by atoms with Crippen LogP contribution >= 0.6 is 0 Å². The molecule has 1 saturated heterocycles. The first kappa shape index (κ1) is 61.0. The van der Waals surface area contributed by atoms with E-state index in [2.05, 4.69) is 70.3 Å². The van der Waals surface area contributed by atoms with Crippen molar-refractivity contribution >= 4 is 23.8 Å². The summed E-state index contributed by atoms with van der Waals surface area (Å²) in [7, 11) is 0. The van der Waals surface area contributed by atoms with Gasteiger partial charge in [0.1, 0.15) is 36.1 Å². The van der Waals surface area contributed by atoms with Crippen LogP contribution in [-0.2, 0) is 44.9 Å². The molecule has 0 unspecified atom stereocenters. The van der Waals surface area contributed by atoms with E-state index in [4.69, 9.17) is 56.3 Å². The SMILES string of the molecule is C#CC#CC#COC(=O)C=C.C#CC#CC#COc1ccc(COOc2ccc(C(=O)N3CCOCCOCCN(C(=O)c4ccc(OC(=O)c5ccc(O)cc5)cc4)CCOCCOCC3)cc2)cc1.C=CCOO.[HH].[HH].[HH].[HH].[HH].[HH].[HH].[HH].[HH].[HH]. The van der Waals surface area contributed by atoms with Crippen LogP contribution in [0.5, 0.6) is 23.0 Å². The minimum Gasteiger partial charge on any atom is -0.508 e. The highest BCUT2D eigenvalue weighted by Crippen LogP contribution is 2.19. The summed E-state index contributed by atoms with van der Waals surface area (Å²) in [6.45, 7) is 10.3. The zero-order valence-electron chi connectivity index (χ0n) is 41.4. The van der Waals surface area contributed by atoms with Gasteiger partial charge in [-0.3, -0.25) is 14.8 Å². The predicted octanol–water partition coefficient (Wildman–Crippen LogP) is 8.20. The molecule has 412 valence electrons. The predicted molar refractivity (Wildman–Crippen MR) is 298 cm³/mol. The van der Waals surface area contributed by atoms with Crippen molar-refractivity contribution in [2.24, 2.45) is 0 Å². The van der Waals surface area contributed by atoms with Gasteiger partial charge < -0.3 is 53.0 Å². The summed E-state index contributed by atoms with van der Waals surface area (Å²) in [5.74, 6) is 17.9. The van der Waals surface area contributed by atoms with E-state index in [9.17, 15) is 24.3 Å². The van der Waals surface area contributed by atoms with Crippen LogP contribution < -0.4 is 14.4 Å². The normalized spacial score (nSPS) is 12.6. The van der Waals surface area contributed by atoms with Crippen LogP contribution in [0.25, 0.3) is 0 Å². The van der Waals surface area contributed by atoms with Gasteiger partial charge in [-0.15, -0.1) is 19.4 Å². The molecule has 0 saturated carbocycles. The molecule has 0 aromatic heterocycles. The quantitative estimate of drug-likeness (QED) is 0.0261. The van der Waals surface area contributed by atoms with Gasteiger partial charge in [0.25, 0.3) is 11.8 Å². The monoisotopic (exact) mass is 1050 g/mol. The van der Waals surface area contributed by atoms with Gasteiger partial charge >= 0.3 is 11.9 Å². The first-order chi connectivity index (χ1) is 37.1. The molecule has 0 spiro atoms. The van der Waals surface area contributed by atoms with E-state index >= 15 is 0 Å². The lowest BCUT2D eigenvalue weighted by Crippen LogP contribution is -2.38. The van der Waals surface area contributed by atoms with Crippen LogP contribution in [0.1, 0.15) is 50.9 Å². The van der Waals surface area contributed by atoms with E-state index in [1.807, 2.05) is 24.2 Å². The lowest BCUT2D eigenvalue weighted by Gasteiger charge is -2.24. The molecule has 0 bridgehead atoms. The molecule has 76 heavy (non-hydrogen) atoms. The van der Waals surface area contributed by atoms with Gasteiger partial charge in [0.05, 0.1) is 65.0 Å². The first-order valence-electron chi connectivity index (χ1n) is 22.9. The van der Waals surface area contributed by atoms with Crippen molar-refractivity contribution < 1.29 is 91.6 Å². The summed E-state index contributed by atoms with van der Waals surface area (Å²) in [5.41, 5.74) is 1.99. The number of hydrogen-bond donors (Lipinski definition) is 2. The minimum absolute atomic E-state index is 0. The van der Waals surface area contributed by atoms with Gasteiger partial charge in [0.2, 0.25) is 0 Å². The van der Waals surface area contributed by atoms with E-state index in [0.717, 1.165) is 11.6 Å². The highest BCUT2D eigenvalue weighted by atomic mass is 17.2. The molecule has 0 aliphatic carbocycles. The third-order valence-electron chi connectivity index (χ3n) is 9.34. The van der Waals surface area contributed by atoms with Crippen molar-refractivity contribution in [1.82, 2.24) is 9.80 Å². The lowest BCUT2D eigenvalue weighted by molar-refractivity contribution is -0.231. The van der Waals surface area contributed by atoms with Crippen molar-refractivity contribution in [3.05, 3.63) is 145 Å². The Morgan fingerprint density at radius 1 is 0.592 bits per heavy atom. The molecule has 1 fully saturated rings. The zero-order valence-corrected chi connectivity index (χ0v) is 41.4. The molecule has 2 N–H and O–H groups in total. The van der Waals surface area contributed by atoms with E-state index in [1.54, 1.807) is 70.5 Å². The van der Waals surface area contributed by atoms with Crippen molar-refractivity contribution in [2.75, 3.05) is 85.6 Å². The van der Waals surface area contributed by atoms with E-state index < -0.39 is 11.9 Å². The Morgan fingerprint density at radius 3 is 1.50 bits per heavy atom. The standard InChI is InChI=1S/C46H44N2O12.C9H4O2.C3H6O2.10H2/c1-2-3-4-5-26-57-41-16-6-36(7-17-41)35-58-60-43-20-12-38(13-21-43)45(51)48-24-29-55-33-31-53-27-22-47(23-28-54-32-34-56-30-25-48)44(50)37-10-18-42(19-11-37)59-46(52)39-8-14-40(49)15-9-39;1-3-5-6-7-8-11-9(10)4-2;1-2-3-5-4;;;;;;;;;;/h1,6-21,49H,22-25,27-35H2;1,4H,2H2;2,4H,1,3H2;10*1H. The van der Waals surface area contributed by atoms with Gasteiger partial charge in [0, 0.05) is 81.3 Å². The van der Waals surface area contributed by atoms with Gasteiger partial charge in [-0.1, -0.05) is 24.8 Å².